The summed E-state index contributed by atoms with van der Waals surface area (Å²) in [5, 5.41) is 0. The van der Waals surface area contributed by atoms with E-state index in [9.17, 15) is 4.79 Å². The Balaban J connectivity index is 2.36. The summed E-state index contributed by atoms with van der Waals surface area (Å²) in [6.07, 6.45) is 8.96. The normalized spacial score (nSPS) is 12.1. The third kappa shape index (κ3) is 4.93. The number of unbranched alkanes of at least 4 members (excludes halogenated alkanes) is 1. The van der Waals surface area contributed by atoms with Gasteiger partial charge in [0.2, 0.25) is 0 Å². The number of hydrogen-bond acceptors (Lipinski definition) is 4. The first kappa shape index (κ1) is 13.6. The fourth-order valence-corrected chi connectivity index (χ4v) is 1.57. The Morgan fingerprint density at radius 1 is 1.41 bits per heavy atom. The molecular weight excluding hydrogens is 216 g/mol. The molecule has 0 amide bonds. The van der Waals surface area contributed by atoms with Gasteiger partial charge in [-0.05, 0) is 12.3 Å². The van der Waals surface area contributed by atoms with Gasteiger partial charge in [-0.1, -0.05) is 33.1 Å². The van der Waals surface area contributed by atoms with Crippen LogP contribution in [0, 0.1) is 5.92 Å². The predicted octanol–water partition coefficient (Wildman–Crippen LogP) is 2.85. The van der Waals surface area contributed by atoms with E-state index in [0.29, 0.717) is 12.5 Å². The summed E-state index contributed by atoms with van der Waals surface area (Å²) >= 11 is 0. The zero-order valence-electron chi connectivity index (χ0n) is 10.6. The average molecular weight is 236 g/mol. The molecule has 0 saturated carbocycles. The van der Waals surface area contributed by atoms with Crippen molar-refractivity contribution in [3.05, 3.63) is 24.3 Å². The third-order valence-corrected chi connectivity index (χ3v) is 2.77. The van der Waals surface area contributed by atoms with E-state index in [1.807, 2.05) is 0 Å². The smallest absolute Gasteiger partial charge is 0.358 e. The molecule has 17 heavy (non-hydrogen) atoms. The summed E-state index contributed by atoms with van der Waals surface area (Å²) in [6.45, 7) is 4.76. The van der Waals surface area contributed by atoms with E-state index in [4.69, 9.17) is 4.74 Å². The minimum absolute atomic E-state index is 0.276. The molecule has 0 aliphatic carbocycles. The van der Waals surface area contributed by atoms with Gasteiger partial charge in [0.25, 0.3) is 0 Å². The van der Waals surface area contributed by atoms with E-state index in [0.717, 1.165) is 12.8 Å². The van der Waals surface area contributed by atoms with Crippen molar-refractivity contribution in [2.75, 3.05) is 6.61 Å². The second-order valence-corrected chi connectivity index (χ2v) is 4.11. The van der Waals surface area contributed by atoms with Crippen molar-refractivity contribution in [1.82, 2.24) is 9.97 Å². The first-order valence-corrected chi connectivity index (χ1v) is 6.21. The van der Waals surface area contributed by atoms with E-state index < -0.39 is 0 Å². The van der Waals surface area contributed by atoms with Crippen molar-refractivity contribution < 1.29 is 9.53 Å². The van der Waals surface area contributed by atoms with Crippen LogP contribution in [0.3, 0.4) is 0 Å². The second-order valence-electron chi connectivity index (χ2n) is 4.11. The summed E-state index contributed by atoms with van der Waals surface area (Å²) in [4.78, 5) is 19.4. The predicted molar refractivity (Wildman–Crippen MR) is 65.6 cm³/mol. The van der Waals surface area contributed by atoms with Gasteiger partial charge in [-0.3, -0.25) is 4.98 Å². The van der Waals surface area contributed by atoms with Crippen molar-refractivity contribution in [2.24, 2.45) is 5.92 Å². The van der Waals surface area contributed by atoms with E-state index in [2.05, 4.69) is 23.8 Å². The minimum Gasteiger partial charge on any atom is -0.461 e. The van der Waals surface area contributed by atoms with Crippen LogP contribution in [-0.4, -0.2) is 22.5 Å². The molecule has 0 aliphatic rings. The van der Waals surface area contributed by atoms with Gasteiger partial charge in [-0.2, -0.15) is 0 Å². The topological polar surface area (TPSA) is 52.1 Å². The van der Waals surface area contributed by atoms with Crippen LogP contribution in [0.1, 0.15) is 50.0 Å². The summed E-state index contributed by atoms with van der Waals surface area (Å²) in [6, 6.07) is 0. The lowest BCUT2D eigenvalue weighted by Gasteiger charge is -2.14. The molecule has 1 unspecified atom stereocenters. The molecule has 0 saturated heterocycles. The van der Waals surface area contributed by atoms with Crippen LogP contribution in [0.5, 0.6) is 0 Å². The van der Waals surface area contributed by atoms with E-state index in [1.165, 1.54) is 31.4 Å². The SMILES string of the molecule is CCCCC(CC)COC(=O)c1cnccn1. The zero-order chi connectivity index (χ0) is 12.5. The van der Waals surface area contributed by atoms with Crippen LogP contribution in [0.25, 0.3) is 0 Å². The highest BCUT2D eigenvalue weighted by Crippen LogP contribution is 2.13. The molecule has 0 bridgehead atoms. The molecule has 0 spiro atoms. The fraction of sp³-hybridized carbons (Fsp3) is 0.615. The molecule has 0 fully saturated rings. The Morgan fingerprint density at radius 2 is 2.24 bits per heavy atom. The maximum atomic E-state index is 11.6. The van der Waals surface area contributed by atoms with Crippen LogP contribution >= 0.6 is 0 Å². The van der Waals surface area contributed by atoms with E-state index >= 15 is 0 Å². The number of hydrogen-bond donors (Lipinski definition) is 0. The van der Waals surface area contributed by atoms with Gasteiger partial charge in [0.1, 0.15) is 0 Å². The molecule has 1 aromatic rings. The summed E-state index contributed by atoms with van der Waals surface area (Å²) in [5.41, 5.74) is 0.276. The number of esters is 1. The minimum atomic E-state index is -0.381. The van der Waals surface area contributed by atoms with Crippen LogP contribution in [0.15, 0.2) is 18.6 Å². The van der Waals surface area contributed by atoms with Gasteiger partial charge in [0, 0.05) is 12.4 Å². The average Bonchev–Trinajstić information content (AvgIpc) is 2.39. The van der Waals surface area contributed by atoms with Gasteiger partial charge in [0.15, 0.2) is 5.69 Å². The molecule has 1 rings (SSSR count). The maximum Gasteiger partial charge on any atom is 0.358 e. The van der Waals surface area contributed by atoms with Gasteiger partial charge in [-0.25, -0.2) is 9.78 Å². The highest BCUT2D eigenvalue weighted by molar-refractivity contribution is 5.86. The van der Waals surface area contributed by atoms with Gasteiger partial charge in [-0.15, -0.1) is 0 Å². The lowest BCUT2D eigenvalue weighted by Crippen LogP contribution is -2.15. The number of carbonyl (C=O) groups excluding carboxylic acids is 1. The van der Waals surface area contributed by atoms with Crippen molar-refractivity contribution in [1.29, 1.82) is 0 Å². The van der Waals surface area contributed by atoms with Crippen molar-refractivity contribution in [2.45, 2.75) is 39.5 Å². The molecule has 0 N–H and O–H groups in total. The van der Waals surface area contributed by atoms with Crippen molar-refractivity contribution in [3.8, 4) is 0 Å². The maximum absolute atomic E-state index is 11.6. The molecule has 94 valence electrons. The number of aromatic nitrogens is 2. The van der Waals surface area contributed by atoms with Crippen LogP contribution in [0.2, 0.25) is 0 Å². The Kier molecular flexibility index (Phi) is 6.22. The monoisotopic (exact) mass is 236 g/mol. The molecule has 0 radical (unpaired) electrons. The Bertz CT molecular complexity index is 327. The van der Waals surface area contributed by atoms with Gasteiger partial charge >= 0.3 is 5.97 Å². The highest BCUT2D eigenvalue weighted by atomic mass is 16.5. The van der Waals surface area contributed by atoms with Gasteiger partial charge < -0.3 is 4.74 Å². The summed E-state index contributed by atoms with van der Waals surface area (Å²) < 4.78 is 5.24. The summed E-state index contributed by atoms with van der Waals surface area (Å²) in [5.74, 6) is 0.0728. The third-order valence-electron chi connectivity index (χ3n) is 2.77. The first-order valence-electron chi connectivity index (χ1n) is 6.21. The Morgan fingerprint density at radius 3 is 2.82 bits per heavy atom. The van der Waals surface area contributed by atoms with Crippen LogP contribution in [0.4, 0.5) is 0 Å². The Hall–Kier alpha value is -1.45. The second kappa shape index (κ2) is 7.76. The lowest BCUT2D eigenvalue weighted by molar-refractivity contribution is 0.0421. The number of nitrogens with zero attached hydrogens (tertiary/aromatic N) is 2. The summed E-state index contributed by atoms with van der Waals surface area (Å²) in [7, 11) is 0. The standard InChI is InChI=1S/C13H20N2O2/c1-3-5-6-11(4-2)10-17-13(16)12-9-14-7-8-15-12/h7-9,11H,3-6,10H2,1-2H3. The van der Waals surface area contributed by atoms with Crippen LogP contribution < -0.4 is 0 Å². The molecule has 1 aromatic heterocycles. The largest absolute Gasteiger partial charge is 0.461 e. The van der Waals surface area contributed by atoms with Crippen molar-refractivity contribution >= 4 is 5.97 Å². The quantitative estimate of drug-likeness (QED) is 0.683. The van der Waals surface area contributed by atoms with Crippen LogP contribution in [-0.2, 0) is 4.74 Å². The highest BCUT2D eigenvalue weighted by Gasteiger charge is 2.12. The molecule has 4 heteroatoms. The number of rotatable bonds is 7. The zero-order valence-corrected chi connectivity index (χ0v) is 10.6. The lowest BCUT2D eigenvalue weighted by atomic mass is 10.0. The molecule has 0 aromatic carbocycles. The van der Waals surface area contributed by atoms with E-state index in [-0.39, 0.29) is 11.7 Å². The Labute approximate surface area is 102 Å². The molecule has 1 atom stereocenters. The molecule has 4 nitrogen and oxygen atoms in total. The van der Waals surface area contributed by atoms with E-state index in [1.54, 1.807) is 0 Å². The molecule has 0 aliphatic heterocycles. The first-order chi connectivity index (χ1) is 8.27. The van der Waals surface area contributed by atoms with Gasteiger partial charge in [0.05, 0.1) is 12.8 Å². The molecule has 1 heterocycles. The number of ether oxygens (including phenoxy) is 1. The molecular formula is C13H20N2O2. The number of carbonyl (C=O) groups is 1. The fourth-order valence-electron chi connectivity index (χ4n) is 1.57. The van der Waals surface area contributed by atoms with Crippen molar-refractivity contribution in [3.63, 3.8) is 0 Å².